The lowest BCUT2D eigenvalue weighted by molar-refractivity contribution is 0.102. The molecule has 0 aliphatic heterocycles. The van der Waals surface area contributed by atoms with Gasteiger partial charge in [0.25, 0.3) is 0 Å². The van der Waals surface area contributed by atoms with Gasteiger partial charge in [0.2, 0.25) is 0 Å². The summed E-state index contributed by atoms with van der Waals surface area (Å²) in [5.41, 5.74) is 1.83. The lowest BCUT2D eigenvalue weighted by Gasteiger charge is -2.09. The molecule has 0 radical (unpaired) electrons. The Kier molecular flexibility index (Phi) is 6.80. The van der Waals surface area contributed by atoms with Crippen molar-refractivity contribution in [2.24, 2.45) is 0 Å². The van der Waals surface area contributed by atoms with Crippen molar-refractivity contribution >= 4 is 28.4 Å². The van der Waals surface area contributed by atoms with Crippen LogP contribution in [0, 0.1) is 0 Å². The molecule has 2 aromatic carbocycles. The van der Waals surface area contributed by atoms with Crippen molar-refractivity contribution in [3.8, 4) is 11.5 Å². The summed E-state index contributed by atoms with van der Waals surface area (Å²) in [6.07, 6.45) is 1.95. The second-order valence-corrected chi connectivity index (χ2v) is 8.11. The molecular weight excluding hydrogens is 424 g/mol. The van der Waals surface area contributed by atoms with Crippen LogP contribution in [-0.2, 0) is 19.7 Å². The molecular formula is C24H26N4O3S. The van der Waals surface area contributed by atoms with Crippen molar-refractivity contribution in [1.82, 2.24) is 19.3 Å². The van der Waals surface area contributed by atoms with Gasteiger partial charge in [-0.15, -0.1) is 10.2 Å². The van der Waals surface area contributed by atoms with Crippen molar-refractivity contribution < 1.29 is 14.3 Å². The topological polar surface area (TPSA) is 71.2 Å². The van der Waals surface area contributed by atoms with Crippen LogP contribution < -0.4 is 9.47 Å². The maximum absolute atomic E-state index is 13.0. The average molecular weight is 451 g/mol. The normalized spacial score (nSPS) is 11.1. The van der Waals surface area contributed by atoms with E-state index in [1.165, 1.54) is 11.8 Å². The number of hydrogen-bond acceptors (Lipinski definition) is 6. The lowest BCUT2D eigenvalue weighted by atomic mass is 10.1. The van der Waals surface area contributed by atoms with E-state index in [1.807, 2.05) is 66.2 Å². The van der Waals surface area contributed by atoms with Gasteiger partial charge in [-0.05, 0) is 44.2 Å². The number of aryl methyl sites for hydroxylation is 1. The van der Waals surface area contributed by atoms with Crippen LogP contribution in [0.4, 0.5) is 0 Å². The average Bonchev–Trinajstić information content (AvgIpc) is 3.42. The molecule has 0 saturated carbocycles. The molecule has 0 atom stereocenters. The van der Waals surface area contributed by atoms with Crippen LogP contribution in [0.2, 0.25) is 0 Å². The van der Waals surface area contributed by atoms with E-state index >= 15 is 0 Å². The first kappa shape index (κ1) is 22.0. The van der Waals surface area contributed by atoms with E-state index in [0.29, 0.717) is 24.1 Å². The third-order valence-corrected chi connectivity index (χ3v) is 6.27. The van der Waals surface area contributed by atoms with Gasteiger partial charge in [0.15, 0.2) is 16.8 Å². The fourth-order valence-electron chi connectivity index (χ4n) is 3.61. The van der Waals surface area contributed by atoms with Gasteiger partial charge in [0.1, 0.15) is 18.1 Å². The first-order chi connectivity index (χ1) is 15.6. The molecule has 0 aliphatic rings. The van der Waals surface area contributed by atoms with E-state index in [0.717, 1.165) is 40.3 Å². The Morgan fingerprint density at radius 2 is 1.75 bits per heavy atom. The fourth-order valence-corrected chi connectivity index (χ4v) is 4.51. The van der Waals surface area contributed by atoms with Crippen molar-refractivity contribution in [3.05, 3.63) is 66.1 Å². The fraction of sp³-hybridized carbons (Fsp3) is 0.292. The highest BCUT2D eigenvalue weighted by molar-refractivity contribution is 7.99. The predicted octanol–water partition coefficient (Wildman–Crippen LogP) is 4.84. The Labute approximate surface area is 191 Å². The number of benzene rings is 2. The number of ketones is 1. The maximum Gasteiger partial charge on any atom is 0.191 e. The Balaban J connectivity index is 1.43. The zero-order chi connectivity index (χ0) is 22.5. The van der Waals surface area contributed by atoms with Gasteiger partial charge in [0.05, 0.1) is 12.9 Å². The van der Waals surface area contributed by atoms with E-state index < -0.39 is 0 Å². The number of hydrogen-bond donors (Lipinski definition) is 0. The molecule has 8 heteroatoms. The molecule has 2 aromatic heterocycles. The molecule has 0 saturated heterocycles. The smallest absolute Gasteiger partial charge is 0.191 e. The molecule has 2 heterocycles. The number of rotatable bonds is 10. The van der Waals surface area contributed by atoms with E-state index in [9.17, 15) is 4.79 Å². The van der Waals surface area contributed by atoms with E-state index in [1.54, 1.807) is 7.11 Å². The number of nitrogens with zero attached hydrogens (tertiary/aromatic N) is 4. The number of Topliss-reactive ketones (excluding diaryl/α,β-unsaturated/α-hetero) is 1. The van der Waals surface area contributed by atoms with Gasteiger partial charge in [-0.2, -0.15) is 0 Å². The summed E-state index contributed by atoms with van der Waals surface area (Å²) in [7, 11) is 1.63. The Morgan fingerprint density at radius 3 is 2.47 bits per heavy atom. The molecule has 0 N–H and O–H groups in total. The molecule has 0 bridgehead atoms. The SMILES string of the molecule is CCn1c(COc2ccc(OC)cc2)nnc1SCC(=O)c1cn(CC)c2ccccc12. The quantitative estimate of drug-likeness (QED) is 0.254. The largest absolute Gasteiger partial charge is 0.497 e. The number of fused-ring (bicyclic) bond motifs is 1. The van der Waals surface area contributed by atoms with Crippen LogP contribution in [0.25, 0.3) is 10.9 Å². The molecule has 0 fully saturated rings. The van der Waals surface area contributed by atoms with E-state index in [4.69, 9.17) is 9.47 Å². The minimum absolute atomic E-state index is 0.0834. The molecule has 7 nitrogen and oxygen atoms in total. The molecule has 4 aromatic rings. The summed E-state index contributed by atoms with van der Waals surface area (Å²) in [6, 6.07) is 15.4. The second kappa shape index (κ2) is 9.91. The highest BCUT2D eigenvalue weighted by Crippen LogP contribution is 2.25. The van der Waals surface area contributed by atoms with Crippen LogP contribution in [0.3, 0.4) is 0 Å². The zero-order valence-corrected chi connectivity index (χ0v) is 19.3. The van der Waals surface area contributed by atoms with Gasteiger partial charge >= 0.3 is 0 Å². The molecule has 0 amide bonds. The van der Waals surface area contributed by atoms with Crippen molar-refractivity contribution in [3.63, 3.8) is 0 Å². The molecule has 0 aliphatic carbocycles. The first-order valence-corrected chi connectivity index (χ1v) is 11.6. The first-order valence-electron chi connectivity index (χ1n) is 10.6. The summed E-state index contributed by atoms with van der Waals surface area (Å²) in [5.74, 6) is 2.61. The highest BCUT2D eigenvalue weighted by Gasteiger charge is 2.18. The van der Waals surface area contributed by atoms with Crippen molar-refractivity contribution in [1.29, 1.82) is 0 Å². The number of aromatic nitrogens is 4. The summed E-state index contributed by atoms with van der Waals surface area (Å²) in [5, 5.41) is 10.3. The number of thioether (sulfide) groups is 1. The third-order valence-electron chi connectivity index (χ3n) is 5.30. The molecule has 0 unspecified atom stereocenters. The van der Waals surface area contributed by atoms with Crippen LogP contribution in [0.15, 0.2) is 59.9 Å². The van der Waals surface area contributed by atoms with Gasteiger partial charge < -0.3 is 18.6 Å². The van der Waals surface area contributed by atoms with E-state index in [2.05, 4.69) is 21.7 Å². The number of methoxy groups -OCH3 is 1. The summed E-state index contributed by atoms with van der Waals surface area (Å²) >= 11 is 1.41. The third kappa shape index (κ3) is 4.50. The molecule has 166 valence electrons. The maximum atomic E-state index is 13.0. The highest BCUT2D eigenvalue weighted by atomic mass is 32.2. The number of carbonyl (C=O) groups is 1. The standard InChI is InChI=1S/C24H26N4O3S/c1-4-27-14-20(19-8-6-7-9-21(19)27)22(29)16-32-24-26-25-23(28(24)5-2)15-31-18-12-10-17(30-3)11-13-18/h6-14H,4-5,15-16H2,1-3H3. The number of ether oxygens (including phenoxy) is 2. The predicted molar refractivity (Wildman–Crippen MR) is 126 cm³/mol. The number of carbonyl (C=O) groups excluding carboxylic acids is 1. The molecule has 32 heavy (non-hydrogen) atoms. The minimum Gasteiger partial charge on any atom is -0.497 e. The van der Waals surface area contributed by atoms with Gasteiger partial charge in [0, 0.05) is 35.8 Å². The van der Waals surface area contributed by atoms with Crippen LogP contribution in [0.5, 0.6) is 11.5 Å². The lowest BCUT2D eigenvalue weighted by Crippen LogP contribution is -2.08. The Bertz CT molecular complexity index is 1210. The molecule has 0 spiro atoms. The van der Waals surface area contributed by atoms with Crippen LogP contribution >= 0.6 is 11.8 Å². The van der Waals surface area contributed by atoms with E-state index in [-0.39, 0.29) is 5.78 Å². The molecule has 4 rings (SSSR count). The summed E-state index contributed by atoms with van der Waals surface area (Å²) in [4.78, 5) is 13.0. The Morgan fingerprint density at radius 1 is 1.00 bits per heavy atom. The van der Waals surface area contributed by atoms with Gasteiger partial charge in [-0.1, -0.05) is 30.0 Å². The second-order valence-electron chi connectivity index (χ2n) is 7.17. The van der Waals surface area contributed by atoms with Gasteiger partial charge in [-0.3, -0.25) is 4.79 Å². The Hall–Kier alpha value is -3.26. The van der Waals surface area contributed by atoms with Gasteiger partial charge in [-0.25, -0.2) is 0 Å². The van der Waals surface area contributed by atoms with Crippen molar-refractivity contribution in [2.75, 3.05) is 12.9 Å². The monoisotopic (exact) mass is 450 g/mol. The van der Waals surface area contributed by atoms with Crippen LogP contribution in [-0.4, -0.2) is 38.0 Å². The van der Waals surface area contributed by atoms with Crippen LogP contribution in [0.1, 0.15) is 30.0 Å². The zero-order valence-electron chi connectivity index (χ0n) is 18.4. The summed E-state index contributed by atoms with van der Waals surface area (Å²) < 4.78 is 15.1. The minimum atomic E-state index is 0.0834. The van der Waals surface area contributed by atoms with Crippen molar-refractivity contribution in [2.45, 2.75) is 38.7 Å². The number of para-hydroxylation sites is 1. The summed E-state index contributed by atoms with van der Waals surface area (Å²) in [6.45, 7) is 5.92.